The van der Waals surface area contributed by atoms with Gasteiger partial charge in [-0.25, -0.2) is 14.1 Å². The molecule has 0 bridgehead atoms. The Labute approximate surface area is 219 Å². The zero-order chi connectivity index (χ0) is 26.6. The van der Waals surface area contributed by atoms with Gasteiger partial charge in [-0.3, -0.25) is 19.3 Å². The van der Waals surface area contributed by atoms with Gasteiger partial charge in [0, 0.05) is 37.4 Å². The molecule has 1 unspecified atom stereocenters. The average Bonchev–Trinajstić information content (AvgIpc) is 3.26. The summed E-state index contributed by atoms with van der Waals surface area (Å²) in [5.41, 5.74) is 1.93. The van der Waals surface area contributed by atoms with Gasteiger partial charge in [-0.1, -0.05) is 18.2 Å². The minimum Gasteiger partial charge on any atom is -0.454 e. The first-order valence-corrected chi connectivity index (χ1v) is 12.4. The summed E-state index contributed by atoms with van der Waals surface area (Å²) in [7, 11) is 0. The Morgan fingerprint density at radius 2 is 1.42 bits per heavy atom. The van der Waals surface area contributed by atoms with Crippen LogP contribution in [0.1, 0.15) is 27.1 Å². The zero-order valence-corrected chi connectivity index (χ0v) is 20.6. The number of benzene rings is 3. The van der Waals surface area contributed by atoms with Gasteiger partial charge in [0.15, 0.2) is 12.4 Å². The van der Waals surface area contributed by atoms with Gasteiger partial charge in [0.1, 0.15) is 5.82 Å². The molecule has 0 saturated carbocycles. The number of nitrogens with zero attached hydrogens (tertiary/aromatic N) is 3. The van der Waals surface area contributed by atoms with Crippen LogP contribution in [0, 0.1) is 5.82 Å². The van der Waals surface area contributed by atoms with Crippen LogP contribution < -0.4 is 9.80 Å². The summed E-state index contributed by atoms with van der Waals surface area (Å²) in [5.74, 6) is -2.21. The molecule has 0 radical (unpaired) electrons. The summed E-state index contributed by atoms with van der Waals surface area (Å²) in [6.45, 7) is 2.39. The van der Waals surface area contributed by atoms with Gasteiger partial charge in [0.05, 0.1) is 23.7 Å². The minimum absolute atomic E-state index is 0.111. The fraction of sp³-hybridized carbons (Fsp3) is 0.241. The summed E-state index contributed by atoms with van der Waals surface area (Å²) in [4.78, 5) is 56.0. The highest BCUT2D eigenvalue weighted by Crippen LogP contribution is 2.27. The molecule has 1 atom stereocenters. The van der Waals surface area contributed by atoms with Gasteiger partial charge in [0.2, 0.25) is 5.91 Å². The second-order valence-corrected chi connectivity index (χ2v) is 9.20. The van der Waals surface area contributed by atoms with E-state index in [0.29, 0.717) is 18.8 Å². The maximum Gasteiger partial charge on any atom is 0.338 e. The number of piperazine rings is 1. The number of Topliss-reactive ketones (excluding diaryl/α,β-unsaturated/α-hetero) is 1. The Balaban J connectivity index is 1.17. The smallest absolute Gasteiger partial charge is 0.338 e. The number of halogens is 1. The van der Waals surface area contributed by atoms with E-state index in [2.05, 4.69) is 21.9 Å². The highest BCUT2D eigenvalue weighted by Gasteiger charge is 2.43. The van der Waals surface area contributed by atoms with Gasteiger partial charge in [-0.05, 0) is 60.7 Å². The van der Waals surface area contributed by atoms with Crippen molar-refractivity contribution in [3.8, 4) is 0 Å². The second kappa shape index (κ2) is 10.9. The monoisotopic (exact) mass is 515 g/mol. The first-order chi connectivity index (χ1) is 18.4. The number of esters is 1. The van der Waals surface area contributed by atoms with Crippen molar-refractivity contribution in [2.45, 2.75) is 12.5 Å². The maximum absolute atomic E-state index is 13.2. The van der Waals surface area contributed by atoms with Crippen LogP contribution in [0.5, 0.6) is 0 Å². The molecule has 3 aromatic rings. The summed E-state index contributed by atoms with van der Waals surface area (Å²) >= 11 is 0. The quantitative estimate of drug-likeness (QED) is 0.271. The number of ether oxygens (including phenoxy) is 1. The van der Waals surface area contributed by atoms with Crippen LogP contribution in [-0.2, 0) is 14.3 Å². The summed E-state index contributed by atoms with van der Waals surface area (Å²) in [6, 6.07) is 20.5. The molecule has 2 saturated heterocycles. The van der Waals surface area contributed by atoms with E-state index in [0.717, 1.165) is 30.9 Å². The van der Waals surface area contributed by atoms with Crippen molar-refractivity contribution in [2.24, 2.45) is 0 Å². The number of carbonyl (C=O) groups excluding carboxylic acids is 4. The number of ketones is 1. The van der Waals surface area contributed by atoms with E-state index in [-0.39, 0.29) is 29.4 Å². The summed E-state index contributed by atoms with van der Waals surface area (Å²) in [6.07, 6.45) is 0.111. The fourth-order valence-electron chi connectivity index (χ4n) is 4.78. The number of hydrogen-bond donors (Lipinski definition) is 0. The van der Waals surface area contributed by atoms with Crippen LogP contribution in [0.2, 0.25) is 0 Å². The molecule has 194 valence electrons. The first-order valence-electron chi connectivity index (χ1n) is 12.4. The van der Waals surface area contributed by atoms with Crippen molar-refractivity contribution in [3.05, 3.63) is 95.8 Å². The fourth-order valence-corrected chi connectivity index (χ4v) is 4.78. The van der Waals surface area contributed by atoms with E-state index in [1.807, 2.05) is 18.2 Å². The number of carbonyl (C=O) groups is 4. The Kier molecular flexibility index (Phi) is 7.28. The number of hydrogen-bond acceptors (Lipinski definition) is 7. The predicted octanol–water partition coefficient (Wildman–Crippen LogP) is 3.32. The average molecular weight is 516 g/mol. The van der Waals surface area contributed by atoms with Crippen molar-refractivity contribution in [2.75, 3.05) is 42.6 Å². The molecular weight excluding hydrogens is 489 g/mol. The first kappa shape index (κ1) is 25.3. The lowest BCUT2D eigenvalue weighted by Crippen LogP contribution is -2.52. The third kappa shape index (κ3) is 5.33. The van der Waals surface area contributed by atoms with Gasteiger partial charge in [0.25, 0.3) is 5.91 Å². The van der Waals surface area contributed by atoms with E-state index in [1.165, 1.54) is 41.3 Å². The van der Waals surface area contributed by atoms with Gasteiger partial charge >= 0.3 is 5.97 Å². The molecule has 2 aliphatic heterocycles. The van der Waals surface area contributed by atoms with Crippen LogP contribution in [0.4, 0.5) is 15.8 Å². The highest BCUT2D eigenvalue weighted by atomic mass is 19.1. The van der Waals surface area contributed by atoms with Crippen molar-refractivity contribution < 1.29 is 28.3 Å². The standard InChI is InChI=1S/C29H26FN3O5/c30-22-10-6-20(7-11-22)26(34)19-38-29(37)21-8-12-24(13-9-21)33-27(35)18-25(28(33)36)32-16-14-31(15-17-32)23-4-2-1-3-5-23/h1-13,25H,14-19H2. The van der Waals surface area contributed by atoms with Gasteiger partial charge < -0.3 is 9.64 Å². The third-order valence-corrected chi connectivity index (χ3v) is 6.86. The predicted molar refractivity (Wildman–Crippen MR) is 139 cm³/mol. The van der Waals surface area contributed by atoms with E-state index >= 15 is 0 Å². The highest BCUT2D eigenvalue weighted by molar-refractivity contribution is 6.22. The molecule has 2 heterocycles. The molecular formula is C29H26FN3O5. The third-order valence-electron chi connectivity index (χ3n) is 6.86. The lowest BCUT2D eigenvalue weighted by atomic mass is 10.1. The Hall–Kier alpha value is -4.37. The number of imide groups is 1. The molecule has 2 aliphatic rings. The SMILES string of the molecule is O=C(COC(=O)c1ccc(N2C(=O)CC(N3CCN(c4ccccc4)CC3)C2=O)cc1)c1ccc(F)cc1. The molecule has 8 nitrogen and oxygen atoms in total. The largest absolute Gasteiger partial charge is 0.454 e. The molecule has 2 amide bonds. The normalized spacial score (nSPS) is 18.1. The van der Waals surface area contributed by atoms with Crippen molar-refractivity contribution >= 4 is 34.9 Å². The van der Waals surface area contributed by atoms with Crippen molar-refractivity contribution in [1.29, 1.82) is 0 Å². The Bertz CT molecular complexity index is 1340. The van der Waals surface area contributed by atoms with Crippen LogP contribution in [0.25, 0.3) is 0 Å². The second-order valence-electron chi connectivity index (χ2n) is 9.20. The van der Waals surface area contributed by atoms with Crippen LogP contribution in [0.3, 0.4) is 0 Å². The number of anilines is 2. The summed E-state index contributed by atoms with van der Waals surface area (Å²) in [5, 5.41) is 0. The maximum atomic E-state index is 13.2. The van der Waals surface area contributed by atoms with Crippen molar-refractivity contribution in [3.63, 3.8) is 0 Å². The molecule has 2 fully saturated rings. The number of para-hydroxylation sites is 1. The minimum atomic E-state index is -0.722. The molecule has 0 aliphatic carbocycles. The Morgan fingerprint density at radius 3 is 2.08 bits per heavy atom. The van der Waals surface area contributed by atoms with E-state index in [9.17, 15) is 23.6 Å². The van der Waals surface area contributed by atoms with Crippen LogP contribution >= 0.6 is 0 Å². The summed E-state index contributed by atoms with van der Waals surface area (Å²) < 4.78 is 18.1. The van der Waals surface area contributed by atoms with E-state index in [4.69, 9.17) is 4.74 Å². The van der Waals surface area contributed by atoms with E-state index < -0.39 is 30.2 Å². The van der Waals surface area contributed by atoms with Crippen LogP contribution in [0.15, 0.2) is 78.9 Å². The molecule has 0 aromatic heterocycles. The molecule has 0 N–H and O–H groups in total. The van der Waals surface area contributed by atoms with Gasteiger partial charge in [-0.2, -0.15) is 0 Å². The molecule has 3 aromatic carbocycles. The lowest BCUT2D eigenvalue weighted by Gasteiger charge is -2.38. The lowest BCUT2D eigenvalue weighted by molar-refractivity contribution is -0.123. The van der Waals surface area contributed by atoms with Gasteiger partial charge in [-0.15, -0.1) is 0 Å². The number of rotatable bonds is 7. The molecule has 5 rings (SSSR count). The number of amides is 2. The Morgan fingerprint density at radius 1 is 0.789 bits per heavy atom. The van der Waals surface area contributed by atoms with E-state index in [1.54, 1.807) is 0 Å². The van der Waals surface area contributed by atoms with Crippen molar-refractivity contribution in [1.82, 2.24) is 4.90 Å². The molecule has 9 heteroatoms. The molecule has 0 spiro atoms. The van der Waals surface area contributed by atoms with Crippen LogP contribution in [-0.4, -0.2) is 67.3 Å². The molecule has 38 heavy (non-hydrogen) atoms. The zero-order valence-electron chi connectivity index (χ0n) is 20.6. The topological polar surface area (TPSA) is 87.2 Å².